The van der Waals surface area contributed by atoms with Gasteiger partial charge in [-0.05, 0) is 23.9 Å². The average Bonchev–Trinajstić information content (AvgIpc) is 1.86. The summed E-state index contributed by atoms with van der Waals surface area (Å²) < 4.78 is 3.70. The molecule has 1 rings (SSSR count). The van der Waals surface area contributed by atoms with Crippen LogP contribution in [0.4, 0.5) is 0 Å². The molecule has 1 heterocycles. The zero-order valence-electron chi connectivity index (χ0n) is 2.77. The minimum Gasteiger partial charge on any atom is -0.199 e. The summed E-state index contributed by atoms with van der Waals surface area (Å²) >= 11 is 8.39. The summed E-state index contributed by atoms with van der Waals surface area (Å²) in [5.41, 5.74) is 0. The molecule has 0 radical (unpaired) electrons. The molecule has 0 unspecified atom stereocenters. The Morgan fingerprint density at radius 3 is 2.83 bits per heavy atom. The summed E-state index contributed by atoms with van der Waals surface area (Å²) in [6.45, 7) is 0. The maximum absolute atomic E-state index is 5.45. The molecule has 1 aliphatic rings. The van der Waals surface area contributed by atoms with E-state index in [0.717, 1.165) is 4.36 Å². The molecular weight excluding hydrogens is 138 g/mol. The number of hydrogen-bond donors (Lipinski definition) is 1. The largest absolute Gasteiger partial charge is 0.199 e. The molecule has 4 heteroatoms. The Labute approximate surface area is 49.8 Å². The zero-order valence-corrected chi connectivity index (χ0v) is 5.16. The van der Waals surface area contributed by atoms with Gasteiger partial charge < -0.3 is 0 Å². The third-order valence-electron chi connectivity index (χ3n) is 0.339. The van der Waals surface area contributed by atoms with Crippen molar-refractivity contribution >= 4 is 35.5 Å². The summed E-state index contributed by atoms with van der Waals surface area (Å²) in [6, 6.07) is 0. The Hall–Kier alpha value is 0.690. The lowest BCUT2D eigenvalue weighted by molar-refractivity contribution is 1.80. The van der Waals surface area contributed by atoms with E-state index in [0.29, 0.717) is 0 Å². The normalized spacial score (nSPS) is 21.2. The van der Waals surface area contributed by atoms with Crippen molar-refractivity contribution < 1.29 is 0 Å². The fourth-order valence-electron chi connectivity index (χ4n) is 0.158. The fourth-order valence-corrected chi connectivity index (χ4v) is 1.71. The van der Waals surface area contributed by atoms with E-state index in [9.17, 15) is 0 Å². The highest BCUT2D eigenvalue weighted by atomic mass is 35.5. The topological polar surface area (TPSA) is 12.0 Å². The first kappa shape index (κ1) is 4.84. The van der Waals surface area contributed by atoms with Crippen LogP contribution >= 0.6 is 35.5 Å². The lowest BCUT2D eigenvalue weighted by atomic mass is 11.2. The van der Waals surface area contributed by atoms with E-state index < -0.39 is 0 Å². The zero-order chi connectivity index (χ0) is 4.41. The number of hydrogen-bond acceptors (Lipinski definition) is 3. The van der Waals surface area contributed by atoms with Crippen LogP contribution in [0.25, 0.3) is 0 Å². The monoisotopic (exact) mass is 139 g/mol. The molecule has 0 bridgehead atoms. The van der Waals surface area contributed by atoms with Crippen molar-refractivity contribution in [2.75, 3.05) is 0 Å². The van der Waals surface area contributed by atoms with Crippen molar-refractivity contribution in [3.05, 3.63) is 9.77 Å². The van der Waals surface area contributed by atoms with Gasteiger partial charge in [-0.25, -0.2) is 0 Å². The van der Waals surface area contributed by atoms with Crippen LogP contribution in [0, 0.1) is 0 Å². The van der Waals surface area contributed by atoms with E-state index in [1.54, 1.807) is 0 Å². The second-order valence-corrected chi connectivity index (χ2v) is 3.14. The average molecular weight is 140 g/mol. The van der Waals surface area contributed by atoms with E-state index in [1.807, 2.05) is 5.41 Å². The van der Waals surface area contributed by atoms with Crippen molar-refractivity contribution in [3.63, 3.8) is 0 Å². The van der Waals surface area contributed by atoms with E-state index in [2.05, 4.69) is 4.13 Å². The van der Waals surface area contributed by atoms with Crippen LogP contribution in [0.3, 0.4) is 0 Å². The highest BCUT2D eigenvalue weighted by molar-refractivity contribution is 8.19. The van der Waals surface area contributed by atoms with Crippen molar-refractivity contribution in [1.29, 1.82) is 0 Å². The molecule has 0 aromatic heterocycles. The molecule has 0 saturated heterocycles. The van der Waals surface area contributed by atoms with Gasteiger partial charge in [0.25, 0.3) is 0 Å². The van der Waals surface area contributed by atoms with Crippen LogP contribution in [-0.4, -0.2) is 0 Å². The van der Waals surface area contributed by atoms with E-state index in [-0.39, 0.29) is 0 Å². The molecule has 0 spiro atoms. The Morgan fingerprint density at radius 2 is 2.67 bits per heavy atom. The first-order chi connectivity index (χ1) is 2.89. The first-order valence-corrected chi connectivity index (χ1v) is 3.40. The van der Waals surface area contributed by atoms with E-state index in [1.165, 1.54) is 23.9 Å². The molecular formula is C2H2ClNS2. The molecule has 0 aliphatic carbocycles. The molecule has 1 nitrogen and oxygen atoms in total. The van der Waals surface area contributed by atoms with E-state index >= 15 is 0 Å². The van der Waals surface area contributed by atoms with Crippen molar-refractivity contribution in [1.82, 2.24) is 4.13 Å². The maximum atomic E-state index is 5.45. The molecule has 1 N–H and O–H groups in total. The minimum atomic E-state index is 0.819. The van der Waals surface area contributed by atoms with Gasteiger partial charge in [0.2, 0.25) is 0 Å². The quantitative estimate of drug-likeness (QED) is 0.515. The molecule has 0 aromatic carbocycles. The molecule has 0 aromatic rings. The molecule has 0 atom stereocenters. The minimum absolute atomic E-state index is 0.819. The number of halogens is 1. The van der Waals surface area contributed by atoms with Crippen molar-refractivity contribution in [2.45, 2.75) is 0 Å². The Kier molecular flexibility index (Phi) is 1.71. The molecule has 1 aliphatic heterocycles. The van der Waals surface area contributed by atoms with Gasteiger partial charge >= 0.3 is 0 Å². The van der Waals surface area contributed by atoms with Crippen LogP contribution in [0.2, 0.25) is 0 Å². The first-order valence-electron chi connectivity index (χ1n) is 1.33. The Balaban J connectivity index is 2.45. The molecule has 0 fully saturated rings. The third-order valence-corrected chi connectivity index (χ3v) is 2.34. The van der Waals surface area contributed by atoms with Crippen molar-refractivity contribution in [3.8, 4) is 0 Å². The van der Waals surface area contributed by atoms with Crippen LogP contribution in [-0.2, 0) is 0 Å². The predicted molar refractivity (Wildman–Crippen MR) is 32.3 cm³/mol. The highest BCUT2D eigenvalue weighted by Gasteiger charge is 1.98. The lowest BCUT2D eigenvalue weighted by Crippen LogP contribution is -1.73. The van der Waals surface area contributed by atoms with Crippen molar-refractivity contribution in [2.24, 2.45) is 0 Å². The van der Waals surface area contributed by atoms with Crippen LogP contribution < -0.4 is 4.13 Å². The SMILES string of the molecule is ClC1=CSNS1. The standard InChI is InChI=1S/C2H2ClNS2/c3-2-1-5-4-6-2/h1,4H. The summed E-state index contributed by atoms with van der Waals surface area (Å²) in [4.78, 5) is 0. The Morgan fingerprint density at radius 1 is 1.83 bits per heavy atom. The molecule has 6 heavy (non-hydrogen) atoms. The lowest BCUT2D eigenvalue weighted by Gasteiger charge is -1.78. The fraction of sp³-hybridized carbons (Fsp3) is 0. The highest BCUT2D eigenvalue weighted by Crippen LogP contribution is 2.28. The van der Waals surface area contributed by atoms with Gasteiger partial charge in [-0.1, -0.05) is 11.6 Å². The Bertz CT molecular complexity index is 81.6. The van der Waals surface area contributed by atoms with Gasteiger partial charge in [0, 0.05) is 5.41 Å². The van der Waals surface area contributed by atoms with Crippen LogP contribution in [0.5, 0.6) is 0 Å². The van der Waals surface area contributed by atoms with Crippen LogP contribution in [0.15, 0.2) is 9.77 Å². The van der Waals surface area contributed by atoms with Gasteiger partial charge in [-0.3, -0.25) is 0 Å². The van der Waals surface area contributed by atoms with Gasteiger partial charge in [-0.15, -0.1) is 0 Å². The van der Waals surface area contributed by atoms with Gasteiger partial charge in [0.15, 0.2) is 0 Å². The van der Waals surface area contributed by atoms with Gasteiger partial charge in [-0.2, -0.15) is 4.13 Å². The summed E-state index contributed by atoms with van der Waals surface area (Å²) in [5, 5.41) is 1.85. The summed E-state index contributed by atoms with van der Waals surface area (Å²) in [7, 11) is 0. The summed E-state index contributed by atoms with van der Waals surface area (Å²) in [6.07, 6.45) is 0. The molecule has 0 amide bonds. The number of nitrogens with one attached hydrogen (secondary N) is 1. The molecule has 34 valence electrons. The second kappa shape index (κ2) is 2.12. The second-order valence-electron chi connectivity index (χ2n) is 0.725. The molecule has 0 saturated carbocycles. The smallest absolute Gasteiger partial charge is 0.0971 e. The van der Waals surface area contributed by atoms with Gasteiger partial charge in [0.1, 0.15) is 0 Å². The van der Waals surface area contributed by atoms with Gasteiger partial charge in [0.05, 0.1) is 4.36 Å². The maximum Gasteiger partial charge on any atom is 0.0971 e. The predicted octanol–water partition coefficient (Wildman–Crippen LogP) is 1.92. The number of rotatable bonds is 0. The van der Waals surface area contributed by atoms with Crippen LogP contribution in [0.1, 0.15) is 0 Å². The van der Waals surface area contributed by atoms with E-state index in [4.69, 9.17) is 11.6 Å². The summed E-state index contributed by atoms with van der Waals surface area (Å²) in [5.74, 6) is 0. The third kappa shape index (κ3) is 1.08.